The summed E-state index contributed by atoms with van der Waals surface area (Å²) in [5, 5.41) is 29.0. The molecule has 4 amide bonds. The minimum atomic E-state index is -1.33. The maximum Gasteiger partial charge on any atom is 0.327 e. The van der Waals surface area contributed by atoms with Crippen molar-refractivity contribution in [1.82, 2.24) is 20.9 Å². The number of aliphatic hydroxyl groups excluding tert-OH is 1. The molecule has 0 saturated carbocycles. The molecule has 2 fully saturated rings. The van der Waals surface area contributed by atoms with Gasteiger partial charge in [0.15, 0.2) is 0 Å². The van der Waals surface area contributed by atoms with Gasteiger partial charge in [-0.2, -0.15) is 0 Å². The van der Waals surface area contributed by atoms with Crippen LogP contribution in [0.15, 0.2) is 42.5 Å². The minimum absolute atomic E-state index is 0.0125. The van der Waals surface area contributed by atoms with Gasteiger partial charge < -0.3 is 31.1 Å². The summed E-state index contributed by atoms with van der Waals surface area (Å²) in [7, 11) is 2.29. The molecular weight excluding hydrogens is 532 g/mol. The van der Waals surface area contributed by atoms with Crippen molar-refractivity contribution in [3.05, 3.63) is 48.0 Å². The van der Waals surface area contributed by atoms with Crippen LogP contribution in [-0.4, -0.2) is 93.5 Å². The number of nitrogens with one attached hydrogen (secondary N) is 3. The first-order valence-corrected chi connectivity index (χ1v) is 14.6. The number of aliphatic carboxylic acids is 1. The van der Waals surface area contributed by atoms with E-state index in [1.165, 1.54) is 4.90 Å². The maximum absolute atomic E-state index is 13.2. The third-order valence-electron chi connectivity index (χ3n) is 6.44. The number of carbonyl (C=O) groups is 5. The number of nitrogens with zero attached hydrogens (tertiary/aromatic N) is 1. The van der Waals surface area contributed by atoms with Gasteiger partial charge in [-0.3, -0.25) is 19.2 Å². The average Bonchev–Trinajstić information content (AvgIpc) is 3.41. The van der Waals surface area contributed by atoms with E-state index in [1.54, 1.807) is 18.2 Å². The molecule has 38 heavy (non-hydrogen) atoms. The molecule has 2 aliphatic heterocycles. The van der Waals surface area contributed by atoms with Crippen molar-refractivity contribution in [2.75, 3.05) is 24.7 Å². The van der Waals surface area contributed by atoms with Crippen LogP contribution in [0.5, 0.6) is 0 Å². The second kappa shape index (κ2) is 12.5. The van der Waals surface area contributed by atoms with Gasteiger partial charge in [-0.25, -0.2) is 4.79 Å². The van der Waals surface area contributed by atoms with Gasteiger partial charge in [0.05, 0.1) is 6.61 Å². The third kappa shape index (κ3) is 6.40. The number of rotatable bonds is 4. The van der Waals surface area contributed by atoms with E-state index in [4.69, 9.17) is 0 Å². The molecule has 2 aliphatic rings. The molecule has 202 valence electrons. The Morgan fingerprint density at radius 3 is 2.47 bits per heavy atom. The van der Waals surface area contributed by atoms with Crippen LogP contribution in [0.4, 0.5) is 0 Å². The van der Waals surface area contributed by atoms with Crippen LogP contribution in [0.2, 0.25) is 0 Å². The van der Waals surface area contributed by atoms with Crippen LogP contribution in [0.25, 0.3) is 10.8 Å². The predicted molar refractivity (Wildman–Crippen MR) is 143 cm³/mol. The largest absolute Gasteiger partial charge is 0.480 e. The molecule has 2 saturated heterocycles. The molecule has 0 bridgehead atoms. The first kappa shape index (κ1) is 27.7. The molecule has 4 atom stereocenters. The average molecular weight is 561 g/mol. The summed E-state index contributed by atoms with van der Waals surface area (Å²) in [6.07, 6.45) is 0.852. The van der Waals surface area contributed by atoms with E-state index in [2.05, 4.69) is 16.0 Å². The number of hydrogen-bond donors (Lipinski definition) is 5. The Morgan fingerprint density at radius 1 is 1.00 bits per heavy atom. The van der Waals surface area contributed by atoms with Gasteiger partial charge in [0, 0.05) is 23.6 Å². The van der Waals surface area contributed by atoms with Crippen LogP contribution in [0.3, 0.4) is 0 Å². The van der Waals surface area contributed by atoms with Gasteiger partial charge in [0.25, 0.3) is 5.91 Å². The fourth-order valence-electron chi connectivity index (χ4n) is 4.39. The highest BCUT2D eigenvalue weighted by Gasteiger charge is 2.39. The maximum atomic E-state index is 13.2. The Labute approximate surface area is 226 Å². The summed E-state index contributed by atoms with van der Waals surface area (Å²) in [4.78, 5) is 65.2. The number of carboxylic acid groups (broad SMARTS) is 1. The molecule has 4 rings (SSSR count). The molecule has 0 radical (unpaired) electrons. The molecule has 11 nitrogen and oxygen atoms in total. The topological polar surface area (TPSA) is 165 Å². The lowest BCUT2D eigenvalue weighted by molar-refractivity contribution is -0.144. The molecule has 0 spiro atoms. The lowest BCUT2D eigenvalue weighted by Gasteiger charge is -2.30. The molecule has 13 heteroatoms. The molecule has 2 aromatic rings. The Morgan fingerprint density at radius 2 is 1.74 bits per heavy atom. The zero-order chi connectivity index (χ0) is 27.2. The molecule has 0 aromatic heterocycles. The fourth-order valence-corrected chi connectivity index (χ4v) is 6.71. The number of fused-ring (bicyclic) bond motifs is 2. The second-order valence-electron chi connectivity index (χ2n) is 8.99. The van der Waals surface area contributed by atoms with Crippen molar-refractivity contribution in [3.63, 3.8) is 0 Å². The van der Waals surface area contributed by atoms with Crippen LogP contribution in [0.1, 0.15) is 23.2 Å². The van der Waals surface area contributed by atoms with Crippen molar-refractivity contribution in [3.8, 4) is 0 Å². The summed E-state index contributed by atoms with van der Waals surface area (Å²) in [5.41, 5.74) is 0.344. The van der Waals surface area contributed by atoms with E-state index < -0.39 is 60.4 Å². The lowest BCUT2D eigenvalue weighted by atomic mass is 10.1. The van der Waals surface area contributed by atoms with Gasteiger partial charge in [-0.05, 0) is 35.7 Å². The summed E-state index contributed by atoms with van der Waals surface area (Å²) in [5.74, 6) is -3.57. The smallest absolute Gasteiger partial charge is 0.327 e. The number of benzene rings is 2. The SMILES string of the molecule is O=C(N[C@H]1CSSC[C@@H](C(=O)O)NC(=O)[C@@H]2CCCN2C(=O)[C@H](CO)NC1=O)c1ccc2ccccc2c1. The Bertz CT molecular complexity index is 1240. The number of hydrogen-bond acceptors (Lipinski definition) is 8. The van der Waals surface area contributed by atoms with Crippen LogP contribution < -0.4 is 16.0 Å². The third-order valence-corrected chi connectivity index (χ3v) is 8.86. The van der Waals surface area contributed by atoms with Gasteiger partial charge in [0.1, 0.15) is 24.2 Å². The first-order valence-electron chi connectivity index (χ1n) is 12.1. The van der Waals surface area contributed by atoms with Gasteiger partial charge >= 0.3 is 5.97 Å². The quantitative estimate of drug-likeness (QED) is 0.332. The van der Waals surface area contributed by atoms with Crippen molar-refractivity contribution < 1.29 is 34.2 Å². The highest BCUT2D eigenvalue weighted by molar-refractivity contribution is 8.76. The number of amides is 4. The fraction of sp³-hybridized carbons (Fsp3) is 0.400. The molecule has 0 aliphatic carbocycles. The highest BCUT2D eigenvalue weighted by Crippen LogP contribution is 2.25. The molecule has 2 aromatic carbocycles. The van der Waals surface area contributed by atoms with E-state index in [1.807, 2.05) is 24.3 Å². The number of carboxylic acids is 1. The van der Waals surface area contributed by atoms with Crippen molar-refractivity contribution in [2.45, 2.75) is 37.0 Å². The lowest BCUT2D eigenvalue weighted by Crippen LogP contribution is -2.59. The zero-order valence-electron chi connectivity index (χ0n) is 20.3. The van der Waals surface area contributed by atoms with Crippen molar-refractivity contribution in [2.24, 2.45) is 0 Å². The molecule has 2 heterocycles. The Hall–Kier alpha value is -3.29. The Balaban J connectivity index is 1.56. The van der Waals surface area contributed by atoms with Crippen LogP contribution in [-0.2, 0) is 19.2 Å². The second-order valence-corrected chi connectivity index (χ2v) is 11.5. The summed E-state index contributed by atoms with van der Waals surface area (Å²) in [6, 6.07) is 8.17. The minimum Gasteiger partial charge on any atom is -0.480 e. The molecule has 5 N–H and O–H groups in total. The number of carbonyl (C=O) groups excluding carboxylic acids is 4. The summed E-state index contributed by atoms with van der Waals surface area (Å²) < 4.78 is 0. The van der Waals surface area contributed by atoms with E-state index in [-0.39, 0.29) is 18.1 Å². The zero-order valence-corrected chi connectivity index (χ0v) is 21.9. The van der Waals surface area contributed by atoms with E-state index >= 15 is 0 Å². The van der Waals surface area contributed by atoms with Crippen molar-refractivity contribution in [1.29, 1.82) is 0 Å². The first-order chi connectivity index (χ1) is 18.3. The highest BCUT2D eigenvalue weighted by atomic mass is 33.1. The van der Waals surface area contributed by atoms with Gasteiger partial charge in [-0.15, -0.1) is 0 Å². The predicted octanol–water partition coefficient (Wildman–Crippen LogP) is 0.371. The normalized spacial score (nSPS) is 25.2. The van der Waals surface area contributed by atoms with E-state index in [0.717, 1.165) is 32.4 Å². The van der Waals surface area contributed by atoms with Gasteiger partial charge in [0.2, 0.25) is 17.7 Å². The number of aliphatic hydroxyl groups is 1. The summed E-state index contributed by atoms with van der Waals surface area (Å²) in [6.45, 7) is -0.478. The van der Waals surface area contributed by atoms with E-state index in [9.17, 15) is 34.2 Å². The van der Waals surface area contributed by atoms with E-state index in [0.29, 0.717) is 18.4 Å². The summed E-state index contributed by atoms with van der Waals surface area (Å²) >= 11 is 0. The van der Waals surface area contributed by atoms with Crippen LogP contribution >= 0.6 is 21.6 Å². The molecular formula is C25H28N4O7S2. The molecule has 0 unspecified atom stereocenters. The van der Waals surface area contributed by atoms with Crippen LogP contribution in [0, 0.1) is 0 Å². The monoisotopic (exact) mass is 560 g/mol. The van der Waals surface area contributed by atoms with Gasteiger partial charge in [-0.1, -0.05) is 51.9 Å². The Kier molecular flexibility index (Phi) is 9.13. The standard InChI is InChI=1S/C25H28N4O7S2/c30-11-17-24(34)29-9-3-6-20(29)23(33)28-19(25(35)36)13-38-37-12-18(22(32)26-17)27-21(31)16-8-7-14-4-1-2-5-15(14)10-16/h1-2,4-5,7-8,10,17-20,30H,3,6,9,11-13H2,(H,26,32)(H,27,31)(H,28,33)(H,35,36)/t17-,18-,19-,20-/m0/s1. The van der Waals surface area contributed by atoms with Crippen molar-refractivity contribution >= 4 is 62.0 Å².